The van der Waals surface area contributed by atoms with Crippen molar-refractivity contribution in [1.82, 2.24) is 25.1 Å². The van der Waals surface area contributed by atoms with Crippen molar-refractivity contribution in [1.29, 1.82) is 0 Å². The maximum atomic E-state index is 12.7. The molecule has 2 aliphatic rings. The number of aliphatic hydroxyl groups excluding tert-OH is 1. The van der Waals surface area contributed by atoms with Gasteiger partial charge in [-0.1, -0.05) is 0 Å². The Morgan fingerprint density at radius 1 is 1.25 bits per heavy atom. The summed E-state index contributed by atoms with van der Waals surface area (Å²) in [4.78, 5) is 26.0. The van der Waals surface area contributed by atoms with Crippen LogP contribution in [0.15, 0.2) is 12.1 Å². The van der Waals surface area contributed by atoms with Crippen molar-refractivity contribution in [2.75, 3.05) is 17.3 Å². The number of rotatable bonds is 5. The van der Waals surface area contributed by atoms with Gasteiger partial charge in [-0.25, -0.2) is 9.78 Å². The summed E-state index contributed by atoms with van der Waals surface area (Å²) >= 11 is 0. The van der Waals surface area contributed by atoms with Crippen LogP contribution in [-0.4, -0.2) is 67.0 Å². The predicted molar refractivity (Wildman–Crippen MR) is 121 cm³/mol. The highest BCUT2D eigenvalue weighted by Gasteiger charge is 2.46. The van der Waals surface area contributed by atoms with E-state index in [0.717, 1.165) is 31.4 Å². The molecular weight excluding hydrogens is 410 g/mol. The summed E-state index contributed by atoms with van der Waals surface area (Å²) in [6.07, 6.45) is 3.42. The number of hydrogen-bond acceptors (Lipinski definition) is 8. The van der Waals surface area contributed by atoms with E-state index in [9.17, 15) is 9.90 Å². The van der Waals surface area contributed by atoms with E-state index in [-0.39, 0.29) is 30.8 Å². The number of aromatic amines is 1. The summed E-state index contributed by atoms with van der Waals surface area (Å²) in [6, 6.07) is 4.11. The molecule has 0 radical (unpaired) electrons. The average Bonchev–Trinajstić information content (AvgIpc) is 3.25. The van der Waals surface area contributed by atoms with Gasteiger partial charge in [-0.3, -0.25) is 5.10 Å². The number of amides is 1. The summed E-state index contributed by atoms with van der Waals surface area (Å²) in [7, 11) is 1.98. The fourth-order valence-corrected chi connectivity index (χ4v) is 4.64. The van der Waals surface area contributed by atoms with Crippen molar-refractivity contribution in [2.24, 2.45) is 0 Å². The SMILES string of the molecule is Cc1cc(Nc2cc(CO)nc(N(C)[C@@H]3C[C@H]4CC[C@@H](C3)N4C(=O)OC(C)(C)C)n2)n[nH]1. The number of hydrogen-bond donors (Lipinski definition) is 3. The minimum atomic E-state index is -0.501. The Hall–Kier alpha value is -2.88. The van der Waals surface area contributed by atoms with Gasteiger partial charge in [-0.15, -0.1) is 0 Å². The Morgan fingerprint density at radius 3 is 2.50 bits per heavy atom. The molecule has 0 aliphatic carbocycles. The number of carbonyl (C=O) groups is 1. The van der Waals surface area contributed by atoms with Crippen molar-refractivity contribution in [3.05, 3.63) is 23.5 Å². The second kappa shape index (κ2) is 8.57. The van der Waals surface area contributed by atoms with E-state index in [1.807, 2.05) is 45.7 Å². The molecule has 2 aliphatic heterocycles. The largest absolute Gasteiger partial charge is 0.444 e. The lowest BCUT2D eigenvalue weighted by atomic mass is 9.97. The summed E-state index contributed by atoms with van der Waals surface area (Å²) in [5.74, 6) is 1.77. The molecule has 10 heteroatoms. The van der Waals surface area contributed by atoms with Gasteiger partial charge in [0.05, 0.1) is 12.3 Å². The monoisotopic (exact) mass is 443 g/mol. The van der Waals surface area contributed by atoms with Crippen molar-refractivity contribution < 1.29 is 14.6 Å². The first-order chi connectivity index (χ1) is 15.1. The Kier molecular flexibility index (Phi) is 5.98. The molecule has 4 heterocycles. The minimum absolute atomic E-state index is 0.154. The lowest BCUT2D eigenvalue weighted by Gasteiger charge is -2.42. The molecule has 2 aromatic rings. The van der Waals surface area contributed by atoms with E-state index in [2.05, 4.69) is 30.4 Å². The highest BCUT2D eigenvalue weighted by Crippen LogP contribution is 2.39. The van der Waals surface area contributed by atoms with Crippen LogP contribution in [-0.2, 0) is 11.3 Å². The fraction of sp³-hybridized carbons (Fsp3) is 0.636. The molecule has 0 saturated carbocycles. The number of fused-ring (bicyclic) bond motifs is 2. The molecule has 2 bridgehead atoms. The van der Waals surface area contributed by atoms with Crippen LogP contribution in [0.1, 0.15) is 57.8 Å². The highest BCUT2D eigenvalue weighted by atomic mass is 16.6. The minimum Gasteiger partial charge on any atom is -0.444 e. The van der Waals surface area contributed by atoms with Gasteiger partial charge in [0.15, 0.2) is 5.82 Å². The van der Waals surface area contributed by atoms with Gasteiger partial charge < -0.3 is 25.0 Å². The zero-order chi connectivity index (χ0) is 23.0. The first-order valence-corrected chi connectivity index (χ1v) is 11.1. The molecule has 3 N–H and O–H groups in total. The summed E-state index contributed by atoms with van der Waals surface area (Å²) in [6.45, 7) is 7.44. The number of piperidine rings is 1. The van der Waals surface area contributed by atoms with E-state index in [4.69, 9.17) is 4.74 Å². The first kappa shape index (κ1) is 22.3. The Balaban J connectivity index is 1.49. The molecular formula is C22H33N7O3. The molecule has 2 fully saturated rings. The van der Waals surface area contributed by atoms with Crippen LogP contribution in [0.5, 0.6) is 0 Å². The number of anilines is 3. The molecule has 32 heavy (non-hydrogen) atoms. The first-order valence-electron chi connectivity index (χ1n) is 11.1. The van der Waals surface area contributed by atoms with Crippen LogP contribution < -0.4 is 10.2 Å². The number of aryl methyl sites for hydroxylation is 1. The van der Waals surface area contributed by atoms with Crippen molar-refractivity contribution in [2.45, 2.75) is 83.7 Å². The number of carbonyl (C=O) groups excluding carboxylic acids is 1. The van der Waals surface area contributed by atoms with Gasteiger partial charge in [0, 0.05) is 43.0 Å². The molecule has 0 unspecified atom stereocenters. The second-order valence-electron chi connectivity index (χ2n) is 9.77. The quantitative estimate of drug-likeness (QED) is 0.645. The van der Waals surface area contributed by atoms with E-state index in [1.165, 1.54) is 0 Å². The van der Waals surface area contributed by atoms with E-state index < -0.39 is 5.60 Å². The van der Waals surface area contributed by atoms with Crippen LogP contribution in [0.3, 0.4) is 0 Å². The maximum absolute atomic E-state index is 12.7. The molecule has 3 atom stereocenters. The number of nitrogens with zero attached hydrogens (tertiary/aromatic N) is 5. The summed E-state index contributed by atoms with van der Waals surface area (Å²) in [5.41, 5.74) is 0.971. The molecule has 1 amide bonds. The smallest absolute Gasteiger partial charge is 0.410 e. The van der Waals surface area contributed by atoms with Crippen LogP contribution in [0.4, 0.5) is 22.4 Å². The van der Waals surface area contributed by atoms with Crippen LogP contribution in [0.25, 0.3) is 0 Å². The zero-order valence-electron chi connectivity index (χ0n) is 19.4. The van der Waals surface area contributed by atoms with Gasteiger partial charge >= 0.3 is 6.09 Å². The second-order valence-corrected chi connectivity index (χ2v) is 9.77. The van der Waals surface area contributed by atoms with Gasteiger partial charge in [0.1, 0.15) is 11.4 Å². The molecule has 4 rings (SSSR count). The normalized spacial score (nSPS) is 22.7. The molecule has 174 valence electrons. The predicted octanol–water partition coefficient (Wildman–Crippen LogP) is 3.11. The van der Waals surface area contributed by atoms with E-state index in [1.54, 1.807) is 6.07 Å². The van der Waals surface area contributed by atoms with Crippen molar-refractivity contribution >= 4 is 23.7 Å². The summed E-state index contributed by atoms with van der Waals surface area (Å²) in [5, 5.41) is 20.0. The zero-order valence-corrected chi connectivity index (χ0v) is 19.4. The van der Waals surface area contributed by atoms with Crippen molar-refractivity contribution in [3.8, 4) is 0 Å². The third-order valence-corrected chi connectivity index (χ3v) is 6.07. The van der Waals surface area contributed by atoms with E-state index in [0.29, 0.717) is 23.3 Å². The number of aliphatic hydroxyl groups is 1. The molecule has 0 spiro atoms. The van der Waals surface area contributed by atoms with E-state index >= 15 is 0 Å². The average molecular weight is 444 g/mol. The summed E-state index contributed by atoms with van der Waals surface area (Å²) < 4.78 is 5.65. The third kappa shape index (κ3) is 4.79. The maximum Gasteiger partial charge on any atom is 0.410 e. The van der Waals surface area contributed by atoms with Gasteiger partial charge in [-0.05, 0) is 53.4 Å². The Morgan fingerprint density at radius 2 is 1.94 bits per heavy atom. The fourth-order valence-electron chi connectivity index (χ4n) is 4.64. The van der Waals surface area contributed by atoms with Crippen molar-refractivity contribution in [3.63, 3.8) is 0 Å². The Labute approximate surface area is 188 Å². The Bertz CT molecular complexity index is 957. The van der Waals surface area contributed by atoms with Gasteiger partial charge in [-0.2, -0.15) is 10.1 Å². The lowest BCUT2D eigenvalue weighted by Crippen LogP contribution is -2.53. The standard InChI is InChI=1S/C22H33N7O3/c1-13-8-19(27-26-13)24-18-9-14(12-30)23-20(25-18)28(5)17-10-15-6-7-16(11-17)29(15)21(31)32-22(2,3)4/h8-9,15-17,30H,6-7,10-12H2,1-5H3,(H2,23,24,25,26,27)/t15-,16+,17-. The van der Waals surface area contributed by atoms with Crippen LogP contribution >= 0.6 is 0 Å². The number of ether oxygens (including phenoxy) is 1. The van der Waals surface area contributed by atoms with Crippen LogP contribution in [0.2, 0.25) is 0 Å². The molecule has 0 aromatic carbocycles. The molecule has 2 aromatic heterocycles. The molecule has 10 nitrogen and oxygen atoms in total. The van der Waals surface area contributed by atoms with Crippen LogP contribution in [0, 0.1) is 6.92 Å². The highest BCUT2D eigenvalue weighted by molar-refractivity contribution is 5.69. The number of H-pyrrole nitrogens is 1. The number of nitrogens with one attached hydrogen (secondary N) is 2. The van der Waals surface area contributed by atoms with Gasteiger partial charge in [0.25, 0.3) is 0 Å². The third-order valence-electron chi connectivity index (χ3n) is 6.07. The number of aromatic nitrogens is 4. The lowest BCUT2D eigenvalue weighted by molar-refractivity contribution is 0.00595. The van der Waals surface area contributed by atoms with Gasteiger partial charge in [0.2, 0.25) is 5.95 Å². The molecule has 2 saturated heterocycles. The topological polar surface area (TPSA) is 120 Å².